The van der Waals surface area contributed by atoms with Crippen molar-refractivity contribution < 1.29 is 9.31 Å². The molecule has 0 spiro atoms. The third-order valence-corrected chi connectivity index (χ3v) is 7.47. The summed E-state index contributed by atoms with van der Waals surface area (Å²) in [5.74, 6) is 0. The molecule has 1 saturated heterocycles. The van der Waals surface area contributed by atoms with Crippen molar-refractivity contribution in [3.05, 3.63) is 138 Å². The van der Waals surface area contributed by atoms with Gasteiger partial charge in [0.2, 0.25) is 0 Å². The molecule has 0 aliphatic carbocycles. The van der Waals surface area contributed by atoms with Crippen molar-refractivity contribution >= 4 is 12.6 Å². The molecule has 0 N–H and O–H groups in total. The molecule has 1 fully saturated rings. The summed E-state index contributed by atoms with van der Waals surface area (Å²) >= 11 is 0. The number of hydrogen-bond donors (Lipinski definition) is 0. The van der Waals surface area contributed by atoms with E-state index in [1.807, 2.05) is 0 Å². The first kappa shape index (κ1) is 22.6. The van der Waals surface area contributed by atoms with Crippen LogP contribution in [0.25, 0.3) is 0 Å². The molecule has 0 unspecified atom stereocenters. The smallest absolute Gasteiger partial charge is 0.399 e. The van der Waals surface area contributed by atoms with E-state index < -0.39 is 12.5 Å². The molecule has 0 radical (unpaired) electrons. The number of rotatable bonds is 5. The molecule has 4 aromatic carbocycles. The van der Waals surface area contributed by atoms with Crippen LogP contribution in [0, 0.1) is 0 Å². The molecule has 170 valence electrons. The first-order chi connectivity index (χ1) is 16.3. The zero-order chi connectivity index (χ0) is 23.8. The van der Waals surface area contributed by atoms with Gasteiger partial charge in [-0.3, -0.25) is 0 Å². The topological polar surface area (TPSA) is 18.5 Å². The zero-order valence-electron chi connectivity index (χ0n) is 20.4. The maximum absolute atomic E-state index is 6.41. The van der Waals surface area contributed by atoms with Gasteiger partial charge in [0.05, 0.1) is 16.6 Å². The summed E-state index contributed by atoms with van der Waals surface area (Å²) < 4.78 is 12.8. The predicted octanol–water partition coefficient (Wildman–Crippen LogP) is 6.37. The van der Waals surface area contributed by atoms with Gasteiger partial charge in [-0.05, 0) is 55.4 Å². The Bertz CT molecular complexity index is 1140. The fourth-order valence-corrected chi connectivity index (χ4v) is 4.96. The molecule has 1 aliphatic rings. The molecular weight excluding hydrogens is 415 g/mol. The van der Waals surface area contributed by atoms with E-state index in [-0.39, 0.29) is 11.2 Å². The normalized spacial score (nSPS) is 17.0. The van der Waals surface area contributed by atoms with Crippen LogP contribution in [0.2, 0.25) is 0 Å². The van der Waals surface area contributed by atoms with Gasteiger partial charge >= 0.3 is 7.12 Å². The van der Waals surface area contributed by atoms with E-state index in [0.717, 1.165) is 5.46 Å². The molecule has 0 amide bonds. The van der Waals surface area contributed by atoms with Gasteiger partial charge < -0.3 is 9.31 Å². The van der Waals surface area contributed by atoms with Crippen molar-refractivity contribution in [1.82, 2.24) is 0 Å². The summed E-state index contributed by atoms with van der Waals surface area (Å²) in [6, 6.07) is 41.0. The highest BCUT2D eigenvalue weighted by Gasteiger charge is 2.52. The predicted molar refractivity (Wildman–Crippen MR) is 140 cm³/mol. The standard InChI is InChI=1S/C31H31BO2/c1-29(2)30(3,4)34-32(33-29)28-22-14-21-27(23-28)31(24-15-8-5-9-16-24,25-17-10-6-11-18-25)26-19-12-7-13-20-26/h5-23H,1-4H3. The van der Waals surface area contributed by atoms with Crippen molar-refractivity contribution in [2.75, 3.05) is 0 Å². The van der Waals surface area contributed by atoms with Crippen LogP contribution in [-0.4, -0.2) is 18.3 Å². The van der Waals surface area contributed by atoms with E-state index in [2.05, 4.69) is 143 Å². The summed E-state index contributed by atoms with van der Waals surface area (Å²) in [5.41, 5.74) is 4.62. The molecular formula is C31H31BO2. The fraction of sp³-hybridized carbons (Fsp3) is 0.226. The van der Waals surface area contributed by atoms with E-state index in [0.29, 0.717) is 0 Å². The SMILES string of the molecule is CC1(C)OB(c2cccc(C(c3ccccc3)(c3ccccc3)c3ccccc3)c2)OC1(C)C. The third-order valence-electron chi connectivity index (χ3n) is 7.47. The van der Waals surface area contributed by atoms with E-state index >= 15 is 0 Å². The zero-order valence-corrected chi connectivity index (χ0v) is 20.4. The Hall–Kier alpha value is -3.14. The van der Waals surface area contributed by atoms with Crippen LogP contribution in [0.5, 0.6) is 0 Å². The largest absolute Gasteiger partial charge is 0.494 e. The van der Waals surface area contributed by atoms with Gasteiger partial charge in [0.25, 0.3) is 0 Å². The molecule has 5 rings (SSSR count). The van der Waals surface area contributed by atoms with E-state index in [1.165, 1.54) is 22.3 Å². The quantitative estimate of drug-likeness (QED) is 0.262. The Morgan fingerprint density at radius 2 is 0.882 bits per heavy atom. The van der Waals surface area contributed by atoms with Crippen LogP contribution in [0.4, 0.5) is 0 Å². The lowest BCUT2D eigenvalue weighted by Crippen LogP contribution is -2.41. The molecule has 1 heterocycles. The monoisotopic (exact) mass is 446 g/mol. The van der Waals surface area contributed by atoms with Crippen LogP contribution in [0.15, 0.2) is 115 Å². The molecule has 3 heteroatoms. The maximum atomic E-state index is 6.41. The minimum atomic E-state index is -0.483. The van der Waals surface area contributed by atoms with Gasteiger partial charge in [-0.2, -0.15) is 0 Å². The second kappa shape index (κ2) is 8.58. The molecule has 2 nitrogen and oxygen atoms in total. The maximum Gasteiger partial charge on any atom is 0.494 e. The summed E-state index contributed by atoms with van der Waals surface area (Å²) in [4.78, 5) is 0. The lowest BCUT2D eigenvalue weighted by molar-refractivity contribution is 0.00578. The number of hydrogen-bond acceptors (Lipinski definition) is 2. The summed E-state index contributed by atoms with van der Waals surface area (Å²) in [7, 11) is -0.412. The highest BCUT2D eigenvalue weighted by Crippen LogP contribution is 2.45. The van der Waals surface area contributed by atoms with E-state index in [1.54, 1.807) is 0 Å². The minimum Gasteiger partial charge on any atom is -0.399 e. The van der Waals surface area contributed by atoms with Gasteiger partial charge in [-0.15, -0.1) is 0 Å². The average Bonchev–Trinajstić information content (AvgIpc) is 3.09. The Balaban J connectivity index is 1.76. The third kappa shape index (κ3) is 3.70. The number of benzene rings is 4. The molecule has 0 bridgehead atoms. The van der Waals surface area contributed by atoms with E-state index in [4.69, 9.17) is 9.31 Å². The highest BCUT2D eigenvalue weighted by molar-refractivity contribution is 6.62. The molecule has 34 heavy (non-hydrogen) atoms. The van der Waals surface area contributed by atoms with Crippen LogP contribution in [0.1, 0.15) is 49.9 Å². The molecule has 0 atom stereocenters. The molecule has 1 aliphatic heterocycles. The fourth-order valence-electron chi connectivity index (χ4n) is 4.96. The second-order valence-electron chi connectivity index (χ2n) is 10.1. The van der Waals surface area contributed by atoms with E-state index in [9.17, 15) is 0 Å². The Kier molecular flexibility index (Phi) is 5.71. The summed E-state index contributed by atoms with van der Waals surface area (Å²) in [5, 5.41) is 0. The van der Waals surface area contributed by atoms with Gasteiger partial charge in [0.15, 0.2) is 0 Å². The van der Waals surface area contributed by atoms with Crippen molar-refractivity contribution in [1.29, 1.82) is 0 Å². The lowest BCUT2D eigenvalue weighted by Gasteiger charge is -2.37. The van der Waals surface area contributed by atoms with Crippen LogP contribution in [-0.2, 0) is 14.7 Å². The first-order valence-corrected chi connectivity index (χ1v) is 12.0. The minimum absolute atomic E-state index is 0.386. The van der Waals surface area contributed by atoms with Crippen molar-refractivity contribution in [3.8, 4) is 0 Å². The van der Waals surface area contributed by atoms with Gasteiger partial charge in [-0.25, -0.2) is 0 Å². The average molecular weight is 446 g/mol. The first-order valence-electron chi connectivity index (χ1n) is 12.0. The highest BCUT2D eigenvalue weighted by atomic mass is 16.7. The lowest BCUT2D eigenvalue weighted by atomic mass is 9.64. The Labute approximate surface area is 203 Å². The molecule has 0 saturated carbocycles. The second-order valence-corrected chi connectivity index (χ2v) is 10.1. The van der Waals surface area contributed by atoms with Crippen molar-refractivity contribution in [2.24, 2.45) is 0 Å². The Morgan fingerprint density at radius 3 is 1.29 bits per heavy atom. The molecule has 0 aromatic heterocycles. The Morgan fingerprint density at radius 1 is 0.500 bits per heavy atom. The molecule has 4 aromatic rings. The summed E-state index contributed by atoms with van der Waals surface area (Å²) in [6.45, 7) is 8.39. The van der Waals surface area contributed by atoms with Crippen LogP contribution in [0.3, 0.4) is 0 Å². The van der Waals surface area contributed by atoms with Gasteiger partial charge in [-0.1, -0.05) is 115 Å². The van der Waals surface area contributed by atoms with Crippen molar-refractivity contribution in [2.45, 2.75) is 44.3 Å². The van der Waals surface area contributed by atoms with Gasteiger partial charge in [0, 0.05) is 0 Å². The van der Waals surface area contributed by atoms with Crippen LogP contribution < -0.4 is 5.46 Å². The summed E-state index contributed by atoms with van der Waals surface area (Å²) in [6.07, 6.45) is 0. The van der Waals surface area contributed by atoms with Crippen molar-refractivity contribution in [3.63, 3.8) is 0 Å². The van der Waals surface area contributed by atoms with Crippen LogP contribution >= 0.6 is 0 Å². The van der Waals surface area contributed by atoms with Gasteiger partial charge in [0.1, 0.15) is 0 Å².